The lowest BCUT2D eigenvalue weighted by Gasteiger charge is -2.07. The summed E-state index contributed by atoms with van der Waals surface area (Å²) in [5, 5.41) is 0. The molecule has 5 heteroatoms. The molecule has 31 heavy (non-hydrogen) atoms. The standard InChI is InChI=1S/C26H22BrNO3/c1-17(2)20-8-10-21(11-9-20)25-28-24(26(29)31-25)15-18-6-12-23(13-7-18)30-16-19-4-3-5-22(27)14-19/h3-15,17H,16H2,1-2H3/b24-15-. The smallest absolute Gasteiger partial charge is 0.363 e. The number of ether oxygens (including phenoxy) is 2. The number of benzene rings is 3. The van der Waals surface area contributed by atoms with Crippen LogP contribution in [0.3, 0.4) is 0 Å². The fourth-order valence-corrected chi connectivity index (χ4v) is 3.60. The molecule has 156 valence electrons. The molecule has 1 heterocycles. The third-order valence-corrected chi connectivity index (χ3v) is 5.42. The predicted octanol–water partition coefficient (Wildman–Crippen LogP) is 6.50. The molecule has 0 saturated carbocycles. The molecule has 0 N–H and O–H groups in total. The van der Waals surface area contributed by atoms with Crippen molar-refractivity contribution in [2.75, 3.05) is 0 Å². The van der Waals surface area contributed by atoms with Gasteiger partial charge in [-0.15, -0.1) is 0 Å². The van der Waals surface area contributed by atoms with Crippen molar-refractivity contribution in [3.05, 3.63) is 105 Å². The average molecular weight is 476 g/mol. The van der Waals surface area contributed by atoms with Crippen molar-refractivity contribution in [1.29, 1.82) is 0 Å². The fraction of sp³-hybridized carbons (Fsp3) is 0.154. The molecular formula is C26H22BrNO3. The quantitative estimate of drug-likeness (QED) is 0.302. The first-order valence-corrected chi connectivity index (χ1v) is 10.9. The molecule has 0 amide bonds. The van der Waals surface area contributed by atoms with Crippen molar-refractivity contribution in [3.8, 4) is 5.75 Å². The molecule has 1 aliphatic heterocycles. The van der Waals surface area contributed by atoms with Crippen molar-refractivity contribution in [1.82, 2.24) is 0 Å². The second-order valence-corrected chi connectivity index (χ2v) is 8.52. The number of nitrogens with zero attached hydrogens (tertiary/aromatic N) is 1. The molecule has 3 aromatic carbocycles. The van der Waals surface area contributed by atoms with Crippen LogP contribution in [0.5, 0.6) is 5.75 Å². The molecule has 0 radical (unpaired) electrons. The summed E-state index contributed by atoms with van der Waals surface area (Å²) >= 11 is 3.46. The topological polar surface area (TPSA) is 47.9 Å². The third-order valence-electron chi connectivity index (χ3n) is 4.92. The highest BCUT2D eigenvalue weighted by Gasteiger charge is 2.24. The largest absolute Gasteiger partial charge is 0.489 e. The van der Waals surface area contributed by atoms with E-state index < -0.39 is 5.97 Å². The number of carbonyl (C=O) groups excluding carboxylic acids is 1. The van der Waals surface area contributed by atoms with Gasteiger partial charge in [0.1, 0.15) is 12.4 Å². The summed E-state index contributed by atoms with van der Waals surface area (Å²) in [5.74, 6) is 1.09. The van der Waals surface area contributed by atoms with Gasteiger partial charge in [0.15, 0.2) is 5.70 Å². The molecule has 0 bridgehead atoms. The van der Waals surface area contributed by atoms with Crippen LogP contribution in [0.2, 0.25) is 0 Å². The molecule has 0 aromatic heterocycles. The molecule has 0 saturated heterocycles. The van der Waals surface area contributed by atoms with Gasteiger partial charge in [-0.3, -0.25) is 0 Å². The van der Waals surface area contributed by atoms with Crippen LogP contribution in [0, 0.1) is 0 Å². The Balaban J connectivity index is 1.44. The number of rotatable bonds is 6. The van der Waals surface area contributed by atoms with Gasteiger partial charge in [-0.1, -0.05) is 66.2 Å². The van der Waals surface area contributed by atoms with Gasteiger partial charge in [-0.25, -0.2) is 9.79 Å². The predicted molar refractivity (Wildman–Crippen MR) is 126 cm³/mol. The van der Waals surface area contributed by atoms with Crippen LogP contribution in [-0.4, -0.2) is 11.9 Å². The monoisotopic (exact) mass is 475 g/mol. The average Bonchev–Trinajstić information content (AvgIpc) is 3.13. The first kappa shape index (κ1) is 21.1. The Kier molecular flexibility index (Phi) is 6.33. The van der Waals surface area contributed by atoms with E-state index in [4.69, 9.17) is 9.47 Å². The molecule has 0 fully saturated rings. The lowest BCUT2D eigenvalue weighted by molar-refractivity contribution is -0.129. The number of cyclic esters (lactones) is 1. The summed E-state index contributed by atoms with van der Waals surface area (Å²) in [5.41, 5.74) is 4.23. The van der Waals surface area contributed by atoms with E-state index in [0.717, 1.165) is 26.9 Å². The molecule has 0 aliphatic carbocycles. The van der Waals surface area contributed by atoms with E-state index in [1.807, 2.05) is 72.8 Å². The highest BCUT2D eigenvalue weighted by atomic mass is 79.9. The number of halogens is 1. The van der Waals surface area contributed by atoms with E-state index in [9.17, 15) is 4.79 Å². The maximum Gasteiger partial charge on any atom is 0.363 e. The highest BCUT2D eigenvalue weighted by Crippen LogP contribution is 2.22. The van der Waals surface area contributed by atoms with Crippen molar-refractivity contribution < 1.29 is 14.3 Å². The summed E-state index contributed by atoms with van der Waals surface area (Å²) < 4.78 is 12.2. The third kappa shape index (κ3) is 5.30. The van der Waals surface area contributed by atoms with Gasteiger partial charge in [0.2, 0.25) is 5.90 Å². The Bertz CT molecular complexity index is 1150. The first-order valence-electron chi connectivity index (χ1n) is 10.1. The molecule has 0 atom stereocenters. The summed E-state index contributed by atoms with van der Waals surface area (Å²) in [6.07, 6.45) is 1.72. The Morgan fingerprint density at radius 1 is 1.03 bits per heavy atom. The maximum atomic E-state index is 12.3. The van der Waals surface area contributed by atoms with E-state index in [1.54, 1.807) is 6.08 Å². The molecule has 0 spiro atoms. The SMILES string of the molecule is CC(C)c1ccc(C2=N/C(=C\c3ccc(OCc4cccc(Br)c4)cc3)C(=O)O2)cc1. The summed E-state index contributed by atoms with van der Waals surface area (Å²) in [6, 6.07) is 23.5. The van der Waals surface area contributed by atoms with E-state index in [1.165, 1.54) is 5.56 Å². The number of aliphatic imine (C=N–C) groups is 1. The summed E-state index contributed by atoms with van der Waals surface area (Å²) in [4.78, 5) is 16.6. The van der Waals surface area contributed by atoms with Crippen LogP contribution in [-0.2, 0) is 16.1 Å². The van der Waals surface area contributed by atoms with Gasteiger partial charge in [0, 0.05) is 10.0 Å². The van der Waals surface area contributed by atoms with Gasteiger partial charge < -0.3 is 9.47 Å². The van der Waals surface area contributed by atoms with Gasteiger partial charge in [0.25, 0.3) is 0 Å². The number of carbonyl (C=O) groups is 1. The van der Waals surface area contributed by atoms with E-state index in [2.05, 4.69) is 34.8 Å². The second-order valence-electron chi connectivity index (χ2n) is 7.60. The van der Waals surface area contributed by atoms with Gasteiger partial charge in [-0.2, -0.15) is 0 Å². The van der Waals surface area contributed by atoms with Crippen molar-refractivity contribution in [2.45, 2.75) is 26.4 Å². The molecule has 1 aliphatic rings. The van der Waals surface area contributed by atoms with Crippen LogP contribution in [0.15, 0.2) is 88.0 Å². The number of hydrogen-bond donors (Lipinski definition) is 0. The number of esters is 1. The first-order chi connectivity index (χ1) is 15.0. The molecule has 4 rings (SSSR count). The molecular weight excluding hydrogens is 454 g/mol. The van der Waals surface area contributed by atoms with E-state index in [-0.39, 0.29) is 5.70 Å². The Morgan fingerprint density at radius 2 is 1.77 bits per heavy atom. The van der Waals surface area contributed by atoms with Crippen LogP contribution in [0.25, 0.3) is 6.08 Å². The van der Waals surface area contributed by atoms with Crippen LogP contribution in [0.1, 0.15) is 42.0 Å². The van der Waals surface area contributed by atoms with Crippen LogP contribution < -0.4 is 4.74 Å². The van der Waals surface area contributed by atoms with Gasteiger partial charge in [-0.05, 0) is 65.1 Å². The Hall–Kier alpha value is -3.18. The van der Waals surface area contributed by atoms with Gasteiger partial charge in [0.05, 0.1) is 0 Å². The lowest BCUT2D eigenvalue weighted by Crippen LogP contribution is -2.05. The zero-order valence-electron chi connectivity index (χ0n) is 17.3. The summed E-state index contributed by atoms with van der Waals surface area (Å²) in [6.45, 7) is 4.76. The van der Waals surface area contributed by atoms with E-state index >= 15 is 0 Å². The van der Waals surface area contributed by atoms with Crippen LogP contribution >= 0.6 is 15.9 Å². The zero-order chi connectivity index (χ0) is 21.8. The second kappa shape index (κ2) is 9.31. The molecule has 4 nitrogen and oxygen atoms in total. The summed E-state index contributed by atoms with van der Waals surface area (Å²) in [7, 11) is 0. The lowest BCUT2D eigenvalue weighted by atomic mass is 10.0. The Labute approximate surface area is 190 Å². The normalized spacial score (nSPS) is 14.6. The van der Waals surface area contributed by atoms with Gasteiger partial charge >= 0.3 is 5.97 Å². The minimum absolute atomic E-state index is 0.283. The minimum Gasteiger partial charge on any atom is -0.489 e. The Morgan fingerprint density at radius 3 is 2.45 bits per heavy atom. The zero-order valence-corrected chi connectivity index (χ0v) is 18.9. The van der Waals surface area contributed by atoms with E-state index in [0.29, 0.717) is 18.4 Å². The van der Waals surface area contributed by atoms with Crippen molar-refractivity contribution in [3.63, 3.8) is 0 Å². The number of hydrogen-bond acceptors (Lipinski definition) is 4. The fourth-order valence-electron chi connectivity index (χ4n) is 3.15. The van der Waals surface area contributed by atoms with Crippen molar-refractivity contribution in [2.24, 2.45) is 4.99 Å². The van der Waals surface area contributed by atoms with Crippen LogP contribution in [0.4, 0.5) is 0 Å². The molecule has 0 unspecified atom stereocenters. The highest BCUT2D eigenvalue weighted by molar-refractivity contribution is 9.10. The maximum absolute atomic E-state index is 12.3. The molecule has 3 aromatic rings. The van der Waals surface area contributed by atoms with Crippen molar-refractivity contribution >= 4 is 33.9 Å². The minimum atomic E-state index is -0.446.